The van der Waals surface area contributed by atoms with E-state index in [1.54, 1.807) is 0 Å². The molecular weight excluding hydrogens is 248 g/mol. The van der Waals surface area contributed by atoms with E-state index in [2.05, 4.69) is 17.0 Å². The van der Waals surface area contributed by atoms with Crippen molar-refractivity contribution in [3.05, 3.63) is 0 Å². The molecule has 1 saturated heterocycles. The first-order chi connectivity index (χ1) is 8.55. The Morgan fingerprint density at radius 1 is 1.17 bits per heavy atom. The Balaban J connectivity index is 1.73. The first-order valence-corrected chi connectivity index (χ1v) is 8.91. The molecule has 5 heteroatoms. The van der Waals surface area contributed by atoms with Gasteiger partial charge in [0.2, 0.25) is 10.0 Å². The monoisotopic (exact) mass is 274 g/mol. The van der Waals surface area contributed by atoms with E-state index in [-0.39, 0.29) is 6.04 Å². The van der Waals surface area contributed by atoms with Crippen molar-refractivity contribution < 1.29 is 8.42 Å². The fourth-order valence-electron chi connectivity index (χ4n) is 3.12. The lowest BCUT2D eigenvalue weighted by molar-refractivity contribution is 0.364. The summed E-state index contributed by atoms with van der Waals surface area (Å²) in [6.45, 7) is 4.28. The maximum Gasteiger partial charge on any atom is 0.211 e. The molecule has 4 nitrogen and oxygen atoms in total. The predicted molar refractivity (Wildman–Crippen MR) is 73.9 cm³/mol. The van der Waals surface area contributed by atoms with Crippen LogP contribution in [0.5, 0.6) is 0 Å². The molecule has 0 aromatic carbocycles. The van der Waals surface area contributed by atoms with E-state index >= 15 is 0 Å². The maximum absolute atomic E-state index is 12.0. The Hall–Kier alpha value is -0.130. The standard InChI is InChI=1S/C13H26N2O2S/c1-11-2-3-13(10-11)15-18(16,17)9-6-12-4-7-14-8-5-12/h11-15H,2-10H2,1H3. The van der Waals surface area contributed by atoms with Crippen LogP contribution in [-0.4, -0.2) is 33.3 Å². The summed E-state index contributed by atoms with van der Waals surface area (Å²) < 4.78 is 26.9. The number of piperidine rings is 1. The smallest absolute Gasteiger partial charge is 0.211 e. The van der Waals surface area contributed by atoms with Gasteiger partial charge in [0.05, 0.1) is 5.75 Å². The molecule has 2 atom stereocenters. The normalized spacial score (nSPS) is 30.7. The van der Waals surface area contributed by atoms with Crippen molar-refractivity contribution in [2.24, 2.45) is 11.8 Å². The van der Waals surface area contributed by atoms with Gasteiger partial charge in [0.1, 0.15) is 0 Å². The van der Waals surface area contributed by atoms with Crippen LogP contribution < -0.4 is 10.0 Å². The van der Waals surface area contributed by atoms with E-state index in [0.29, 0.717) is 17.6 Å². The van der Waals surface area contributed by atoms with E-state index < -0.39 is 10.0 Å². The van der Waals surface area contributed by atoms with Crippen molar-refractivity contribution >= 4 is 10.0 Å². The molecule has 106 valence electrons. The average molecular weight is 274 g/mol. The first-order valence-electron chi connectivity index (χ1n) is 7.26. The van der Waals surface area contributed by atoms with Crippen LogP contribution in [-0.2, 0) is 10.0 Å². The summed E-state index contributed by atoms with van der Waals surface area (Å²) in [7, 11) is -3.06. The van der Waals surface area contributed by atoms with Crippen LogP contribution in [0.25, 0.3) is 0 Å². The van der Waals surface area contributed by atoms with Crippen molar-refractivity contribution in [2.45, 2.75) is 51.5 Å². The van der Waals surface area contributed by atoms with Crippen LogP contribution in [0.4, 0.5) is 0 Å². The number of hydrogen-bond donors (Lipinski definition) is 2. The summed E-state index contributed by atoms with van der Waals surface area (Å²) in [6.07, 6.45) is 6.23. The molecule has 0 bridgehead atoms. The van der Waals surface area contributed by atoms with Crippen molar-refractivity contribution in [1.29, 1.82) is 0 Å². The zero-order valence-corrected chi connectivity index (χ0v) is 12.1. The number of nitrogens with one attached hydrogen (secondary N) is 2. The summed E-state index contributed by atoms with van der Waals surface area (Å²) in [6, 6.07) is 0.193. The van der Waals surface area contributed by atoms with Gasteiger partial charge in [-0.1, -0.05) is 6.92 Å². The van der Waals surface area contributed by atoms with Crippen LogP contribution in [0.1, 0.15) is 45.4 Å². The van der Waals surface area contributed by atoms with Gasteiger partial charge in [0, 0.05) is 6.04 Å². The molecule has 2 unspecified atom stereocenters. The van der Waals surface area contributed by atoms with E-state index in [9.17, 15) is 8.42 Å². The number of hydrogen-bond acceptors (Lipinski definition) is 3. The van der Waals surface area contributed by atoms with E-state index in [1.807, 2.05) is 0 Å². The van der Waals surface area contributed by atoms with Gasteiger partial charge in [-0.2, -0.15) is 0 Å². The van der Waals surface area contributed by atoms with Gasteiger partial charge in [-0.25, -0.2) is 13.1 Å². The van der Waals surface area contributed by atoms with Crippen LogP contribution in [0.3, 0.4) is 0 Å². The fraction of sp³-hybridized carbons (Fsp3) is 1.00. The average Bonchev–Trinajstić information content (AvgIpc) is 2.73. The fourth-order valence-corrected chi connectivity index (χ4v) is 4.60. The molecule has 18 heavy (non-hydrogen) atoms. The summed E-state index contributed by atoms with van der Waals surface area (Å²) in [5.41, 5.74) is 0. The molecule has 0 radical (unpaired) electrons. The van der Waals surface area contributed by atoms with Crippen molar-refractivity contribution in [3.8, 4) is 0 Å². The van der Waals surface area contributed by atoms with Gasteiger partial charge in [-0.15, -0.1) is 0 Å². The highest BCUT2D eigenvalue weighted by Crippen LogP contribution is 2.25. The van der Waals surface area contributed by atoms with Crippen LogP contribution in [0.15, 0.2) is 0 Å². The lowest BCUT2D eigenvalue weighted by atomic mass is 9.96. The molecule has 2 aliphatic rings. The minimum absolute atomic E-state index is 0.193. The van der Waals surface area contributed by atoms with Gasteiger partial charge in [-0.05, 0) is 63.5 Å². The molecule has 2 N–H and O–H groups in total. The second-order valence-corrected chi connectivity index (χ2v) is 7.91. The quantitative estimate of drug-likeness (QED) is 0.798. The Morgan fingerprint density at radius 2 is 1.89 bits per heavy atom. The Bertz CT molecular complexity index is 350. The Labute approximate surface area is 111 Å². The first kappa shape index (κ1) is 14.3. The van der Waals surface area contributed by atoms with Crippen molar-refractivity contribution in [1.82, 2.24) is 10.0 Å². The third-order valence-electron chi connectivity index (χ3n) is 4.29. The largest absolute Gasteiger partial charge is 0.317 e. The van der Waals surface area contributed by atoms with E-state index in [4.69, 9.17) is 0 Å². The SMILES string of the molecule is CC1CCC(NS(=O)(=O)CCC2CCNCC2)C1. The molecule has 0 amide bonds. The van der Waals surface area contributed by atoms with Crippen molar-refractivity contribution in [3.63, 3.8) is 0 Å². The zero-order chi connectivity index (χ0) is 13.0. The Morgan fingerprint density at radius 3 is 2.50 bits per heavy atom. The number of sulfonamides is 1. The number of rotatable bonds is 5. The summed E-state index contributed by atoms with van der Waals surface area (Å²) >= 11 is 0. The highest BCUT2D eigenvalue weighted by Gasteiger charge is 2.26. The third-order valence-corrected chi connectivity index (χ3v) is 5.76. The lowest BCUT2D eigenvalue weighted by Crippen LogP contribution is -2.36. The molecule has 0 aromatic rings. The summed E-state index contributed by atoms with van der Waals surface area (Å²) in [5.74, 6) is 1.56. The summed E-state index contributed by atoms with van der Waals surface area (Å²) in [4.78, 5) is 0. The zero-order valence-electron chi connectivity index (χ0n) is 11.3. The van der Waals surface area contributed by atoms with Gasteiger partial charge in [-0.3, -0.25) is 0 Å². The molecule has 2 fully saturated rings. The molecule has 0 spiro atoms. The third kappa shape index (κ3) is 4.52. The molecule has 2 rings (SSSR count). The van der Waals surface area contributed by atoms with Gasteiger partial charge < -0.3 is 5.32 Å². The lowest BCUT2D eigenvalue weighted by Gasteiger charge is -2.22. The minimum Gasteiger partial charge on any atom is -0.317 e. The van der Waals surface area contributed by atoms with Crippen molar-refractivity contribution in [2.75, 3.05) is 18.8 Å². The van der Waals surface area contributed by atoms with E-state index in [1.165, 1.54) is 0 Å². The van der Waals surface area contributed by atoms with Gasteiger partial charge in [0.15, 0.2) is 0 Å². The molecular formula is C13H26N2O2S. The topological polar surface area (TPSA) is 58.2 Å². The molecule has 0 aromatic heterocycles. The van der Waals surface area contributed by atoms with Gasteiger partial charge in [0.25, 0.3) is 0 Å². The maximum atomic E-state index is 12.0. The molecule has 1 aliphatic heterocycles. The minimum atomic E-state index is -3.06. The highest BCUT2D eigenvalue weighted by molar-refractivity contribution is 7.89. The highest BCUT2D eigenvalue weighted by atomic mass is 32.2. The molecule has 1 saturated carbocycles. The van der Waals surface area contributed by atoms with Crippen LogP contribution in [0, 0.1) is 11.8 Å². The van der Waals surface area contributed by atoms with E-state index in [0.717, 1.165) is 51.6 Å². The molecule has 1 heterocycles. The summed E-state index contributed by atoms with van der Waals surface area (Å²) in [5, 5.41) is 3.31. The van der Waals surface area contributed by atoms with Gasteiger partial charge >= 0.3 is 0 Å². The Kier molecular flexibility index (Phi) is 5.04. The van der Waals surface area contributed by atoms with Crippen LogP contribution >= 0.6 is 0 Å². The van der Waals surface area contributed by atoms with Crippen LogP contribution in [0.2, 0.25) is 0 Å². The second kappa shape index (κ2) is 6.35. The second-order valence-electron chi connectivity index (χ2n) is 6.03. The molecule has 1 aliphatic carbocycles. The predicted octanol–water partition coefficient (Wildman–Crippen LogP) is 1.48.